The highest BCUT2D eigenvalue weighted by Crippen LogP contribution is 2.19. The van der Waals surface area contributed by atoms with Crippen molar-refractivity contribution < 1.29 is 23.5 Å². The average molecular weight is 276 g/mol. The summed E-state index contributed by atoms with van der Waals surface area (Å²) >= 11 is 0. The second-order valence-corrected chi connectivity index (χ2v) is 4.05. The van der Waals surface area contributed by atoms with Gasteiger partial charge in [0, 0.05) is 5.39 Å². The molecule has 2 rings (SSSR count). The minimum Gasteiger partial charge on any atom is -0.449 e. The van der Waals surface area contributed by atoms with E-state index in [9.17, 15) is 14.4 Å². The molecule has 0 bridgehead atoms. The van der Waals surface area contributed by atoms with E-state index in [1.54, 1.807) is 24.3 Å². The zero-order chi connectivity index (χ0) is 14.7. The number of nitrogens with two attached hydrogens (primary N) is 1. The quantitative estimate of drug-likeness (QED) is 0.817. The van der Waals surface area contributed by atoms with E-state index in [0.29, 0.717) is 5.58 Å². The standard InChI is InChI=1S/C13H12N2O5/c1-7(11(16)15-13(14)18)19-12(17)10-6-8-4-2-3-5-9(8)20-10/h2-7H,1H3,(H3,14,15,16,18). The van der Waals surface area contributed by atoms with Crippen LogP contribution < -0.4 is 11.1 Å². The molecule has 7 nitrogen and oxygen atoms in total. The number of ether oxygens (including phenoxy) is 1. The first-order valence-corrected chi connectivity index (χ1v) is 5.77. The topological polar surface area (TPSA) is 112 Å². The number of hydrogen-bond donors (Lipinski definition) is 2. The second kappa shape index (κ2) is 5.43. The number of rotatable bonds is 3. The van der Waals surface area contributed by atoms with E-state index >= 15 is 0 Å². The summed E-state index contributed by atoms with van der Waals surface area (Å²) in [5.74, 6) is -1.62. The lowest BCUT2D eigenvalue weighted by molar-refractivity contribution is -0.127. The Morgan fingerprint density at radius 1 is 1.30 bits per heavy atom. The number of furan rings is 1. The van der Waals surface area contributed by atoms with Gasteiger partial charge in [-0.3, -0.25) is 10.1 Å². The van der Waals surface area contributed by atoms with Gasteiger partial charge in [0.2, 0.25) is 5.76 Å². The number of amides is 3. The van der Waals surface area contributed by atoms with Crippen LogP contribution in [0.1, 0.15) is 17.5 Å². The van der Waals surface area contributed by atoms with Gasteiger partial charge < -0.3 is 14.9 Å². The van der Waals surface area contributed by atoms with Gasteiger partial charge in [0.05, 0.1) is 0 Å². The number of hydrogen-bond acceptors (Lipinski definition) is 5. The van der Waals surface area contributed by atoms with Crippen LogP contribution in [-0.4, -0.2) is 24.0 Å². The summed E-state index contributed by atoms with van der Waals surface area (Å²) in [6.07, 6.45) is -1.16. The fraction of sp³-hybridized carbons (Fsp3) is 0.154. The molecule has 1 unspecified atom stereocenters. The summed E-state index contributed by atoms with van der Waals surface area (Å²) < 4.78 is 10.2. The third-order valence-corrected chi connectivity index (χ3v) is 2.53. The van der Waals surface area contributed by atoms with E-state index in [1.807, 2.05) is 5.32 Å². The Labute approximate surface area is 113 Å². The first-order valence-electron chi connectivity index (χ1n) is 5.77. The molecule has 0 aliphatic rings. The summed E-state index contributed by atoms with van der Waals surface area (Å²) in [6, 6.07) is 7.55. The largest absolute Gasteiger partial charge is 0.449 e. The number of imide groups is 1. The molecule has 0 radical (unpaired) electrons. The first kappa shape index (κ1) is 13.6. The van der Waals surface area contributed by atoms with E-state index in [0.717, 1.165) is 5.39 Å². The maximum absolute atomic E-state index is 11.8. The summed E-state index contributed by atoms with van der Waals surface area (Å²) in [5.41, 5.74) is 5.33. The molecule has 3 N–H and O–H groups in total. The van der Waals surface area contributed by atoms with Crippen LogP contribution in [0.3, 0.4) is 0 Å². The molecule has 1 aromatic carbocycles. The van der Waals surface area contributed by atoms with Gasteiger partial charge in [0.25, 0.3) is 5.91 Å². The molecule has 2 aromatic rings. The molecule has 0 saturated heterocycles. The Bertz CT molecular complexity index is 643. The van der Waals surface area contributed by atoms with Crippen molar-refractivity contribution in [3.05, 3.63) is 36.1 Å². The van der Waals surface area contributed by atoms with Gasteiger partial charge in [-0.15, -0.1) is 0 Å². The molecule has 104 valence electrons. The summed E-state index contributed by atoms with van der Waals surface area (Å²) in [4.78, 5) is 33.7. The monoisotopic (exact) mass is 276 g/mol. The number of fused-ring (bicyclic) bond motifs is 1. The van der Waals surface area contributed by atoms with Gasteiger partial charge in [-0.25, -0.2) is 9.59 Å². The maximum atomic E-state index is 11.8. The van der Waals surface area contributed by atoms with Crippen LogP contribution in [0.4, 0.5) is 4.79 Å². The molecule has 1 aromatic heterocycles. The second-order valence-electron chi connectivity index (χ2n) is 4.05. The Kier molecular flexibility index (Phi) is 3.69. The normalized spacial score (nSPS) is 11.8. The molecule has 1 heterocycles. The fourth-order valence-corrected chi connectivity index (χ4v) is 1.58. The van der Waals surface area contributed by atoms with Gasteiger partial charge in [-0.2, -0.15) is 0 Å². The lowest BCUT2D eigenvalue weighted by atomic mass is 10.2. The van der Waals surface area contributed by atoms with E-state index in [-0.39, 0.29) is 5.76 Å². The molecule has 0 spiro atoms. The van der Waals surface area contributed by atoms with Crippen molar-refractivity contribution in [3.63, 3.8) is 0 Å². The van der Waals surface area contributed by atoms with E-state index < -0.39 is 24.0 Å². The predicted molar refractivity (Wildman–Crippen MR) is 68.8 cm³/mol. The first-order chi connectivity index (χ1) is 9.47. The van der Waals surface area contributed by atoms with Crippen LogP contribution in [0, 0.1) is 0 Å². The minimum absolute atomic E-state index is 0.0232. The van der Waals surface area contributed by atoms with Gasteiger partial charge in [-0.05, 0) is 19.1 Å². The summed E-state index contributed by atoms with van der Waals surface area (Å²) in [7, 11) is 0. The number of urea groups is 1. The number of carbonyl (C=O) groups excluding carboxylic acids is 3. The van der Waals surface area contributed by atoms with Crippen molar-refractivity contribution in [2.24, 2.45) is 5.73 Å². The van der Waals surface area contributed by atoms with Gasteiger partial charge in [-0.1, -0.05) is 18.2 Å². The van der Waals surface area contributed by atoms with Crippen molar-refractivity contribution in [1.29, 1.82) is 0 Å². The van der Waals surface area contributed by atoms with E-state index in [4.69, 9.17) is 14.9 Å². The number of esters is 1. The highest BCUT2D eigenvalue weighted by atomic mass is 16.6. The highest BCUT2D eigenvalue weighted by molar-refractivity contribution is 5.98. The van der Waals surface area contributed by atoms with E-state index in [2.05, 4.69) is 0 Å². The molecule has 3 amide bonds. The van der Waals surface area contributed by atoms with Crippen LogP contribution in [0.25, 0.3) is 11.0 Å². The average Bonchev–Trinajstić information content (AvgIpc) is 2.81. The summed E-state index contributed by atoms with van der Waals surface area (Å²) in [5, 5.41) is 2.56. The Morgan fingerprint density at radius 2 is 2.00 bits per heavy atom. The fourth-order valence-electron chi connectivity index (χ4n) is 1.58. The minimum atomic E-state index is -1.16. The van der Waals surface area contributed by atoms with Gasteiger partial charge >= 0.3 is 12.0 Å². The lowest BCUT2D eigenvalue weighted by Gasteiger charge is -2.10. The highest BCUT2D eigenvalue weighted by Gasteiger charge is 2.22. The van der Waals surface area contributed by atoms with Crippen LogP contribution in [0.5, 0.6) is 0 Å². The van der Waals surface area contributed by atoms with Gasteiger partial charge in [0.1, 0.15) is 5.58 Å². The van der Waals surface area contributed by atoms with Crippen LogP contribution >= 0.6 is 0 Å². The molecular formula is C13H12N2O5. The Balaban J connectivity index is 2.08. The van der Waals surface area contributed by atoms with E-state index in [1.165, 1.54) is 13.0 Å². The third kappa shape index (κ3) is 2.94. The Morgan fingerprint density at radius 3 is 2.65 bits per heavy atom. The van der Waals surface area contributed by atoms with Crippen LogP contribution in [-0.2, 0) is 9.53 Å². The molecule has 0 saturated carbocycles. The van der Waals surface area contributed by atoms with Crippen molar-refractivity contribution in [2.75, 3.05) is 0 Å². The third-order valence-electron chi connectivity index (χ3n) is 2.53. The van der Waals surface area contributed by atoms with Crippen LogP contribution in [0.15, 0.2) is 34.7 Å². The van der Waals surface area contributed by atoms with Crippen molar-refractivity contribution in [2.45, 2.75) is 13.0 Å². The number of carbonyl (C=O) groups is 3. The zero-order valence-electron chi connectivity index (χ0n) is 10.6. The molecule has 1 atom stereocenters. The smallest absolute Gasteiger partial charge is 0.375 e. The number of primary amides is 1. The molecular weight excluding hydrogens is 264 g/mol. The van der Waals surface area contributed by atoms with Gasteiger partial charge in [0.15, 0.2) is 6.10 Å². The zero-order valence-corrected chi connectivity index (χ0v) is 10.6. The lowest BCUT2D eigenvalue weighted by Crippen LogP contribution is -2.42. The Hall–Kier alpha value is -2.83. The molecule has 20 heavy (non-hydrogen) atoms. The maximum Gasteiger partial charge on any atom is 0.375 e. The summed E-state index contributed by atoms with van der Waals surface area (Å²) in [6.45, 7) is 1.32. The SMILES string of the molecule is CC(OC(=O)c1cc2ccccc2o1)C(=O)NC(N)=O. The molecule has 0 aliphatic carbocycles. The van der Waals surface area contributed by atoms with Crippen molar-refractivity contribution in [1.82, 2.24) is 5.32 Å². The predicted octanol–water partition coefficient (Wildman–Crippen LogP) is 1.17. The number of nitrogens with one attached hydrogen (secondary N) is 1. The molecule has 7 heteroatoms. The molecule has 0 aliphatic heterocycles. The number of benzene rings is 1. The van der Waals surface area contributed by atoms with Crippen molar-refractivity contribution >= 4 is 28.9 Å². The molecule has 0 fully saturated rings. The number of para-hydroxylation sites is 1. The van der Waals surface area contributed by atoms with Crippen molar-refractivity contribution in [3.8, 4) is 0 Å². The van der Waals surface area contributed by atoms with Crippen LogP contribution in [0.2, 0.25) is 0 Å².